The number of nitrogens with zero attached hydrogens (tertiary/aromatic N) is 2. The molecule has 1 aliphatic rings. The van der Waals surface area contributed by atoms with Crippen LogP contribution in [0.4, 0.5) is 5.69 Å². The minimum Gasteiger partial charge on any atom is -0.336 e. The predicted molar refractivity (Wildman–Crippen MR) is 75.1 cm³/mol. The van der Waals surface area contributed by atoms with Gasteiger partial charge in [0.15, 0.2) is 0 Å². The maximum atomic E-state index is 12.7. The molecule has 1 unspecified atom stereocenters. The maximum absolute atomic E-state index is 12.7. The summed E-state index contributed by atoms with van der Waals surface area (Å²) in [5.74, 6) is -0.283. The highest BCUT2D eigenvalue weighted by molar-refractivity contribution is 6.08. The van der Waals surface area contributed by atoms with Crippen LogP contribution in [0, 0.1) is 6.92 Å². The second-order valence-corrected chi connectivity index (χ2v) is 5.19. The SMILES string of the molecule is Cc1c(C(=O)N2c3ccccc3CC2C)c(=O)on1C. The van der Waals surface area contributed by atoms with E-state index in [2.05, 4.69) is 0 Å². The molecule has 104 valence electrons. The van der Waals surface area contributed by atoms with Crippen LogP contribution in [-0.2, 0) is 13.5 Å². The van der Waals surface area contributed by atoms with Crippen LogP contribution in [0.2, 0.25) is 0 Å². The summed E-state index contributed by atoms with van der Waals surface area (Å²) in [6.07, 6.45) is 0.805. The van der Waals surface area contributed by atoms with Crippen LogP contribution in [0.25, 0.3) is 0 Å². The quantitative estimate of drug-likeness (QED) is 0.796. The number of hydrogen-bond acceptors (Lipinski definition) is 3. The standard InChI is InChI=1S/C15H16N2O3/c1-9-8-11-6-4-5-7-12(11)17(9)14(18)13-10(2)16(3)20-15(13)19/h4-7,9H,8H2,1-3H3. The van der Waals surface area contributed by atoms with Crippen molar-refractivity contribution in [2.45, 2.75) is 26.3 Å². The van der Waals surface area contributed by atoms with Crippen LogP contribution >= 0.6 is 0 Å². The molecule has 1 atom stereocenters. The van der Waals surface area contributed by atoms with E-state index in [-0.39, 0.29) is 17.5 Å². The van der Waals surface area contributed by atoms with Crippen molar-refractivity contribution >= 4 is 11.6 Å². The highest BCUT2D eigenvalue weighted by Gasteiger charge is 2.34. The van der Waals surface area contributed by atoms with Crippen LogP contribution in [0.5, 0.6) is 0 Å². The van der Waals surface area contributed by atoms with Crippen molar-refractivity contribution in [3.63, 3.8) is 0 Å². The van der Waals surface area contributed by atoms with E-state index < -0.39 is 5.63 Å². The first-order valence-corrected chi connectivity index (χ1v) is 6.59. The number of aromatic nitrogens is 1. The Bertz CT molecular complexity index is 742. The normalized spacial score (nSPS) is 17.4. The molecule has 0 radical (unpaired) electrons. The number of rotatable bonds is 1. The van der Waals surface area contributed by atoms with Crippen molar-refractivity contribution in [3.05, 3.63) is 51.5 Å². The summed E-state index contributed by atoms with van der Waals surface area (Å²) in [6, 6.07) is 7.83. The molecule has 2 heterocycles. The smallest absolute Gasteiger partial charge is 0.336 e. The number of hydrogen-bond donors (Lipinski definition) is 0. The molecule has 0 aliphatic carbocycles. The summed E-state index contributed by atoms with van der Waals surface area (Å²) >= 11 is 0. The Kier molecular flexibility index (Phi) is 2.78. The number of benzene rings is 1. The molecule has 1 aromatic heterocycles. The Morgan fingerprint density at radius 1 is 1.35 bits per heavy atom. The number of carbonyl (C=O) groups excluding carboxylic acids is 1. The molecule has 0 saturated carbocycles. The summed E-state index contributed by atoms with van der Waals surface area (Å²) in [5, 5.41) is 0. The van der Waals surface area contributed by atoms with Crippen molar-refractivity contribution < 1.29 is 9.32 Å². The van der Waals surface area contributed by atoms with E-state index in [1.54, 1.807) is 18.9 Å². The molecule has 0 N–H and O–H groups in total. The first-order valence-electron chi connectivity index (χ1n) is 6.59. The number of para-hydroxylation sites is 1. The van der Waals surface area contributed by atoms with Crippen LogP contribution < -0.4 is 10.5 Å². The van der Waals surface area contributed by atoms with Gasteiger partial charge in [0.2, 0.25) is 0 Å². The Balaban J connectivity index is 2.10. The van der Waals surface area contributed by atoms with Crippen LogP contribution in [-0.4, -0.2) is 16.7 Å². The lowest BCUT2D eigenvalue weighted by Crippen LogP contribution is -2.37. The average Bonchev–Trinajstić information content (AvgIpc) is 2.85. The lowest BCUT2D eigenvalue weighted by atomic mass is 10.1. The van der Waals surface area contributed by atoms with Gasteiger partial charge in [0, 0.05) is 18.8 Å². The predicted octanol–water partition coefficient (Wildman–Crippen LogP) is 1.88. The Hall–Kier alpha value is -2.30. The topological polar surface area (TPSA) is 55.5 Å². The Labute approximate surface area is 116 Å². The number of anilines is 1. The number of amides is 1. The molecule has 1 aliphatic heterocycles. The molecular weight excluding hydrogens is 256 g/mol. The van der Waals surface area contributed by atoms with E-state index in [1.807, 2.05) is 31.2 Å². The fourth-order valence-corrected chi connectivity index (χ4v) is 2.78. The fourth-order valence-electron chi connectivity index (χ4n) is 2.78. The molecule has 0 bridgehead atoms. The highest BCUT2D eigenvalue weighted by atomic mass is 16.5. The van der Waals surface area contributed by atoms with E-state index in [4.69, 9.17) is 4.52 Å². The summed E-state index contributed by atoms with van der Waals surface area (Å²) < 4.78 is 6.30. The van der Waals surface area contributed by atoms with Crippen molar-refractivity contribution in [2.75, 3.05) is 4.90 Å². The first-order chi connectivity index (χ1) is 9.50. The third kappa shape index (κ3) is 1.70. The van der Waals surface area contributed by atoms with Crippen molar-refractivity contribution in [1.29, 1.82) is 0 Å². The van der Waals surface area contributed by atoms with Gasteiger partial charge in [0.05, 0.1) is 5.69 Å². The molecular formula is C15H16N2O3. The Morgan fingerprint density at radius 2 is 2.05 bits per heavy atom. The summed E-state index contributed by atoms with van der Waals surface area (Å²) in [4.78, 5) is 26.3. The van der Waals surface area contributed by atoms with E-state index in [0.29, 0.717) is 5.69 Å². The zero-order valence-electron chi connectivity index (χ0n) is 11.7. The van der Waals surface area contributed by atoms with Crippen molar-refractivity contribution in [2.24, 2.45) is 7.05 Å². The monoisotopic (exact) mass is 272 g/mol. The van der Waals surface area contributed by atoms with Crippen molar-refractivity contribution in [1.82, 2.24) is 4.74 Å². The van der Waals surface area contributed by atoms with Crippen LogP contribution in [0.1, 0.15) is 28.5 Å². The highest BCUT2D eigenvalue weighted by Crippen LogP contribution is 2.32. The maximum Gasteiger partial charge on any atom is 0.370 e. The molecule has 20 heavy (non-hydrogen) atoms. The summed E-state index contributed by atoms with van der Waals surface area (Å²) in [6.45, 7) is 3.70. The second kappa shape index (κ2) is 4.37. The molecule has 0 spiro atoms. The van der Waals surface area contributed by atoms with E-state index >= 15 is 0 Å². The van der Waals surface area contributed by atoms with Gasteiger partial charge in [-0.05, 0) is 31.9 Å². The van der Waals surface area contributed by atoms with E-state index in [9.17, 15) is 9.59 Å². The molecule has 5 nitrogen and oxygen atoms in total. The fraction of sp³-hybridized carbons (Fsp3) is 0.333. The molecule has 1 aromatic carbocycles. The number of aryl methyl sites for hydroxylation is 1. The number of carbonyl (C=O) groups is 1. The molecule has 3 rings (SSSR count). The van der Waals surface area contributed by atoms with Gasteiger partial charge >= 0.3 is 5.63 Å². The number of fused-ring (bicyclic) bond motifs is 1. The van der Waals surface area contributed by atoms with Gasteiger partial charge in [-0.2, -0.15) is 0 Å². The van der Waals surface area contributed by atoms with Gasteiger partial charge < -0.3 is 9.42 Å². The summed E-state index contributed by atoms with van der Waals surface area (Å²) in [5.41, 5.74) is 2.11. The van der Waals surface area contributed by atoms with Crippen molar-refractivity contribution in [3.8, 4) is 0 Å². The third-order valence-corrected chi connectivity index (χ3v) is 3.90. The lowest BCUT2D eigenvalue weighted by Gasteiger charge is -2.21. The Morgan fingerprint density at radius 3 is 2.70 bits per heavy atom. The molecule has 0 fully saturated rings. The minimum atomic E-state index is -0.577. The van der Waals surface area contributed by atoms with Gasteiger partial charge in [-0.15, -0.1) is 0 Å². The molecule has 5 heteroatoms. The molecule has 1 amide bonds. The van der Waals surface area contributed by atoms with Gasteiger partial charge in [-0.1, -0.05) is 18.2 Å². The molecule has 0 saturated heterocycles. The van der Waals surface area contributed by atoms with Gasteiger partial charge in [0.1, 0.15) is 5.56 Å². The van der Waals surface area contributed by atoms with Gasteiger partial charge in [0.25, 0.3) is 5.91 Å². The first kappa shape index (κ1) is 12.7. The van der Waals surface area contributed by atoms with E-state index in [0.717, 1.165) is 17.7 Å². The van der Waals surface area contributed by atoms with Crippen LogP contribution in [0.3, 0.4) is 0 Å². The third-order valence-electron chi connectivity index (χ3n) is 3.90. The summed E-state index contributed by atoms with van der Waals surface area (Å²) in [7, 11) is 1.62. The minimum absolute atomic E-state index is 0.0407. The zero-order chi connectivity index (χ0) is 14.4. The van der Waals surface area contributed by atoms with Crippen LogP contribution in [0.15, 0.2) is 33.6 Å². The van der Waals surface area contributed by atoms with Gasteiger partial charge in [-0.3, -0.25) is 4.79 Å². The largest absolute Gasteiger partial charge is 0.370 e. The molecule has 2 aromatic rings. The van der Waals surface area contributed by atoms with Gasteiger partial charge in [-0.25, -0.2) is 9.53 Å². The average molecular weight is 272 g/mol. The van der Waals surface area contributed by atoms with E-state index in [1.165, 1.54) is 4.74 Å². The lowest BCUT2D eigenvalue weighted by molar-refractivity contribution is 0.0979. The zero-order valence-corrected chi connectivity index (χ0v) is 11.7. The second-order valence-electron chi connectivity index (χ2n) is 5.19.